The fraction of sp³-hybridized carbons (Fsp3) is 0.385. The van der Waals surface area contributed by atoms with Crippen molar-refractivity contribution < 1.29 is 38.1 Å². The standard InChI is InChI=1S/C26H27NO8S3/c1-8-12-9-10-14-13(11-12)15-20(25(2,3)27-14)36-17(22(29)33-5)16(21(28)32-4)26(15)37-18(23(30)34-6)19(38-26)24(31)35-7/h9-11,27H,8H2,1-7H3. The number of benzene rings is 1. The maximum absolute atomic E-state index is 13.5. The van der Waals surface area contributed by atoms with Crippen LogP contribution in [0.5, 0.6) is 0 Å². The van der Waals surface area contributed by atoms with E-state index in [0.717, 1.165) is 63.4 Å². The zero-order valence-corrected chi connectivity index (χ0v) is 24.4. The number of hydrogen-bond donors (Lipinski definition) is 1. The number of nitrogens with one attached hydrogen (secondary N) is 1. The number of carbonyl (C=O) groups is 4. The van der Waals surface area contributed by atoms with E-state index >= 15 is 0 Å². The van der Waals surface area contributed by atoms with Crippen LogP contribution in [0, 0.1) is 0 Å². The summed E-state index contributed by atoms with van der Waals surface area (Å²) in [6.45, 7) is 5.94. The third-order valence-corrected chi connectivity index (χ3v) is 11.0. The summed E-state index contributed by atoms with van der Waals surface area (Å²) in [6, 6.07) is 6.00. The maximum Gasteiger partial charge on any atom is 0.345 e. The van der Waals surface area contributed by atoms with E-state index in [0.29, 0.717) is 5.57 Å². The molecule has 0 fully saturated rings. The second kappa shape index (κ2) is 10.4. The van der Waals surface area contributed by atoms with Crippen LogP contribution in [0.25, 0.3) is 5.57 Å². The molecule has 0 bridgehead atoms. The Morgan fingerprint density at radius 3 is 1.84 bits per heavy atom. The SMILES string of the molecule is CCc1ccc2c(c1)C1=C(SC(C(=O)OC)=C(C(=O)OC)C13SC(C(=O)OC)=C(C(=O)OC)S3)C(C)(C)N2. The topological polar surface area (TPSA) is 117 Å². The predicted octanol–water partition coefficient (Wildman–Crippen LogP) is 4.25. The molecule has 0 amide bonds. The summed E-state index contributed by atoms with van der Waals surface area (Å²) in [4.78, 5) is 53.2. The Balaban J connectivity index is 2.14. The summed E-state index contributed by atoms with van der Waals surface area (Å²) in [5.41, 5.74) is 2.59. The summed E-state index contributed by atoms with van der Waals surface area (Å²) in [5, 5.41) is 3.53. The van der Waals surface area contributed by atoms with E-state index in [-0.39, 0.29) is 20.3 Å². The number of fused-ring (bicyclic) bond motifs is 3. The molecule has 1 aromatic rings. The molecular weight excluding hydrogens is 550 g/mol. The Hall–Kier alpha value is -2.83. The summed E-state index contributed by atoms with van der Waals surface area (Å²) in [7, 11) is 4.84. The third kappa shape index (κ3) is 4.32. The first-order valence-electron chi connectivity index (χ1n) is 11.5. The summed E-state index contributed by atoms with van der Waals surface area (Å²) in [6.07, 6.45) is 0.756. The predicted molar refractivity (Wildman–Crippen MR) is 148 cm³/mol. The van der Waals surface area contributed by atoms with Crippen molar-refractivity contribution in [2.24, 2.45) is 0 Å². The van der Waals surface area contributed by atoms with E-state index < -0.39 is 33.5 Å². The molecule has 12 heteroatoms. The van der Waals surface area contributed by atoms with Crippen LogP contribution in [-0.4, -0.2) is 61.9 Å². The lowest BCUT2D eigenvalue weighted by Crippen LogP contribution is -2.44. The number of aryl methyl sites for hydroxylation is 1. The van der Waals surface area contributed by atoms with Crippen LogP contribution in [0.15, 0.2) is 43.4 Å². The van der Waals surface area contributed by atoms with Gasteiger partial charge in [0.2, 0.25) is 0 Å². The van der Waals surface area contributed by atoms with E-state index in [1.165, 1.54) is 28.4 Å². The molecule has 0 saturated heterocycles. The van der Waals surface area contributed by atoms with Crippen molar-refractivity contribution in [2.75, 3.05) is 33.8 Å². The molecule has 0 aliphatic carbocycles. The van der Waals surface area contributed by atoms with E-state index in [1.807, 2.05) is 39.0 Å². The Kier molecular flexibility index (Phi) is 7.70. The lowest BCUT2D eigenvalue weighted by Gasteiger charge is -2.46. The Bertz CT molecular complexity index is 1330. The number of esters is 4. The molecule has 202 valence electrons. The van der Waals surface area contributed by atoms with Crippen molar-refractivity contribution in [3.05, 3.63) is 54.5 Å². The molecule has 0 radical (unpaired) electrons. The molecule has 4 rings (SSSR count). The van der Waals surface area contributed by atoms with Crippen molar-refractivity contribution in [1.82, 2.24) is 0 Å². The van der Waals surface area contributed by atoms with Gasteiger partial charge in [0, 0.05) is 21.7 Å². The van der Waals surface area contributed by atoms with Crippen molar-refractivity contribution in [3.63, 3.8) is 0 Å². The lowest BCUT2D eigenvalue weighted by molar-refractivity contribution is -0.138. The van der Waals surface area contributed by atoms with Crippen LogP contribution < -0.4 is 5.32 Å². The van der Waals surface area contributed by atoms with Crippen LogP contribution in [0.1, 0.15) is 31.9 Å². The van der Waals surface area contributed by atoms with Crippen LogP contribution >= 0.6 is 35.3 Å². The van der Waals surface area contributed by atoms with Gasteiger partial charge in [-0.1, -0.05) is 48.3 Å². The number of rotatable bonds is 5. The van der Waals surface area contributed by atoms with Gasteiger partial charge in [-0.25, -0.2) is 19.2 Å². The number of methoxy groups -OCH3 is 4. The van der Waals surface area contributed by atoms with Gasteiger partial charge in [0.15, 0.2) is 0 Å². The molecule has 3 heterocycles. The van der Waals surface area contributed by atoms with Gasteiger partial charge in [0.05, 0.1) is 39.6 Å². The maximum atomic E-state index is 13.5. The van der Waals surface area contributed by atoms with E-state index in [4.69, 9.17) is 18.9 Å². The second-order valence-electron chi connectivity index (χ2n) is 8.94. The van der Waals surface area contributed by atoms with Crippen LogP contribution in [0.4, 0.5) is 5.69 Å². The van der Waals surface area contributed by atoms with Crippen molar-refractivity contribution in [1.29, 1.82) is 0 Å². The van der Waals surface area contributed by atoms with Gasteiger partial charge in [-0.15, -0.1) is 0 Å². The molecule has 3 aliphatic heterocycles. The second-order valence-corrected chi connectivity index (χ2v) is 12.7. The van der Waals surface area contributed by atoms with Crippen molar-refractivity contribution >= 4 is 70.4 Å². The van der Waals surface area contributed by atoms with E-state index in [1.54, 1.807) is 0 Å². The average molecular weight is 578 g/mol. The molecule has 38 heavy (non-hydrogen) atoms. The zero-order valence-electron chi connectivity index (χ0n) is 21.9. The number of ether oxygens (including phenoxy) is 4. The first-order chi connectivity index (χ1) is 18.0. The highest BCUT2D eigenvalue weighted by atomic mass is 32.2. The number of hydrogen-bond acceptors (Lipinski definition) is 12. The van der Waals surface area contributed by atoms with Gasteiger partial charge in [-0.2, -0.15) is 0 Å². The highest BCUT2D eigenvalue weighted by Gasteiger charge is 2.60. The molecule has 9 nitrogen and oxygen atoms in total. The smallest absolute Gasteiger partial charge is 0.345 e. The Labute approximate surface area is 233 Å². The minimum absolute atomic E-state index is 0.0124. The van der Waals surface area contributed by atoms with Gasteiger partial charge in [-0.05, 0) is 38.0 Å². The van der Waals surface area contributed by atoms with Gasteiger partial charge >= 0.3 is 23.9 Å². The zero-order chi connectivity index (χ0) is 28.0. The minimum atomic E-state index is -1.47. The van der Waals surface area contributed by atoms with Crippen molar-refractivity contribution in [3.8, 4) is 0 Å². The quantitative estimate of drug-likeness (QED) is 0.398. The Morgan fingerprint density at radius 2 is 1.34 bits per heavy atom. The molecule has 1 spiro atoms. The molecule has 0 unspecified atom stereocenters. The largest absolute Gasteiger partial charge is 0.466 e. The lowest BCUT2D eigenvalue weighted by atomic mass is 9.84. The fourth-order valence-corrected chi connectivity index (χ4v) is 9.53. The number of thioether (sulfide) groups is 3. The normalized spacial score (nSPS) is 18.9. The Morgan fingerprint density at radius 1 is 0.816 bits per heavy atom. The molecule has 0 atom stereocenters. The third-order valence-electron chi connectivity index (χ3n) is 6.29. The molecule has 3 aliphatic rings. The average Bonchev–Trinajstić information content (AvgIpc) is 3.30. The van der Waals surface area contributed by atoms with E-state index in [9.17, 15) is 19.2 Å². The van der Waals surface area contributed by atoms with Gasteiger partial charge in [0.1, 0.15) is 18.8 Å². The van der Waals surface area contributed by atoms with Crippen LogP contribution in [0.2, 0.25) is 0 Å². The summed E-state index contributed by atoms with van der Waals surface area (Å²) in [5.74, 6) is -3.05. The minimum Gasteiger partial charge on any atom is -0.466 e. The summed E-state index contributed by atoms with van der Waals surface area (Å²) < 4.78 is 18.8. The van der Waals surface area contributed by atoms with Gasteiger partial charge in [-0.3, -0.25) is 0 Å². The van der Waals surface area contributed by atoms with Gasteiger partial charge in [0.25, 0.3) is 0 Å². The first kappa shape index (κ1) is 28.2. The monoisotopic (exact) mass is 577 g/mol. The highest BCUT2D eigenvalue weighted by Crippen LogP contribution is 2.70. The van der Waals surface area contributed by atoms with Crippen LogP contribution in [0.3, 0.4) is 0 Å². The summed E-state index contributed by atoms with van der Waals surface area (Å²) >= 11 is 3.05. The highest BCUT2D eigenvalue weighted by molar-refractivity contribution is 8.26. The molecule has 1 aromatic carbocycles. The van der Waals surface area contributed by atoms with E-state index in [2.05, 4.69) is 5.32 Å². The molecule has 0 saturated carbocycles. The molecular formula is C26H27NO8S3. The van der Waals surface area contributed by atoms with Crippen molar-refractivity contribution in [2.45, 2.75) is 36.8 Å². The number of anilines is 1. The van der Waals surface area contributed by atoms with Crippen LogP contribution in [-0.2, 0) is 44.5 Å². The van der Waals surface area contributed by atoms with Gasteiger partial charge < -0.3 is 24.3 Å². The molecule has 1 N–H and O–H groups in total. The first-order valence-corrected chi connectivity index (χ1v) is 14.0. The number of carbonyl (C=O) groups excluding carboxylic acids is 4. The molecule has 0 aromatic heterocycles. The fourth-order valence-electron chi connectivity index (χ4n) is 4.51.